The summed E-state index contributed by atoms with van der Waals surface area (Å²) >= 11 is 1.60. The predicted octanol–water partition coefficient (Wildman–Crippen LogP) is 2.59. The standard InChI is InChI=1S/C17H21N3O2S/c1-12-19-15(11-23-12)10-22-16-6-2-4-13(8-16)17(21)20-7-3-5-14(18)9-20/h2,4,6,8,11,14H,3,5,7,9-10,18H2,1H3. The lowest BCUT2D eigenvalue weighted by Gasteiger charge is -2.30. The summed E-state index contributed by atoms with van der Waals surface area (Å²) in [5, 5.41) is 3.01. The van der Waals surface area contributed by atoms with Gasteiger partial charge in [0.05, 0.1) is 10.7 Å². The molecule has 1 aromatic carbocycles. The van der Waals surface area contributed by atoms with Crippen molar-refractivity contribution in [1.82, 2.24) is 9.88 Å². The molecule has 5 nitrogen and oxygen atoms in total. The Morgan fingerprint density at radius 3 is 3.13 bits per heavy atom. The van der Waals surface area contributed by atoms with Crippen molar-refractivity contribution in [2.75, 3.05) is 13.1 Å². The molecule has 1 atom stereocenters. The zero-order valence-electron chi connectivity index (χ0n) is 13.2. The van der Waals surface area contributed by atoms with Crippen LogP contribution < -0.4 is 10.5 Å². The fourth-order valence-corrected chi connectivity index (χ4v) is 3.33. The summed E-state index contributed by atoms with van der Waals surface area (Å²) in [7, 11) is 0. The van der Waals surface area contributed by atoms with E-state index in [9.17, 15) is 4.79 Å². The van der Waals surface area contributed by atoms with Gasteiger partial charge >= 0.3 is 0 Å². The van der Waals surface area contributed by atoms with E-state index in [-0.39, 0.29) is 11.9 Å². The molecule has 2 aromatic rings. The van der Waals surface area contributed by atoms with Gasteiger partial charge in [-0.2, -0.15) is 0 Å². The van der Waals surface area contributed by atoms with Gasteiger partial charge in [0.15, 0.2) is 0 Å². The van der Waals surface area contributed by atoms with Crippen molar-refractivity contribution < 1.29 is 9.53 Å². The van der Waals surface area contributed by atoms with E-state index in [0.717, 1.165) is 30.1 Å². The van der Waals surface area contributed by atoms with Crippen molar-refractivity contribution in [3.63, 3.8) is 0 Å². The Labute approximate surface area is 140 Å². The average molecular weight is 331 g/mol. The lowest BCUT2D eigenvalue weighted by molar-refractivity contribution is 0.0708. The molecule has 122 valence electrons. The number of nitrogens with zero attached hydrogens (tertiary/aromatic N) is 2. The van der Waals surface area contributed by atoms with E-state index in [0.29, 0.717) is 24.5 Å². The number of ether oxygens (including phenoxy) is 1. The summed E-state index contributed by atoms with van der Waals surface area (Å²) in [5.41, 5.74) is 7.51. The highest BCUT2D eigenvalue weighted by molar-refractivity contribution is 7.09. The van der Waals surface area contributed by atoms with Crippen LogP contribution >= 0.6 is 11.3 Å². The van der Waals surface area contributed by atoms with E-state index < -0.39 is 0 Å². The van der Waals surface area contributed by atoms with Gasteiger partial charge in [0, 0.05) is 30.1 Å². The summed E-state index contributed by atoms with van der Waals surface area (Å²) in [6.07, 6.45) is 1.95. The molecule has 6 heteroatoms. The summed E-state index contributed by atoms with van der Waals surface area (Å²) in [6, 6.07) is 7.40. The van der Waals surface area contributed by atoms with Crippen LogP contribution in [0.1, 0.15) is 33.9 Å². The number of aromatic nitrogens is 1. The molecular weight excluding hydrogens is 310 g/mol. The summed E-state index contributed by atoms with van der Waals surface area (Å²) < 4.78 is 5.75. The van der Waals surface area contributed by atoms with Crippen molar-refractivity contribution >= 4 is 17.2 Å². The maximum atomic E-state index is 12.6. The average Bonchev–Trinajstić information content (AvgIpc) is 2.98. The number of aryl methyl sites for hydroxylation is 1. The fraction of sp³-hybridized carbons (Fsp3) is 0.412. The Morgan fingerprint density at radius 2 is 2.39 bits per heavy atom. The van der Waals surface area contributed by atoms with Gasteiger partial charge in [-0.05, 0) is 38.0 Å². The molecular formula is C17H21N3O2S. The highest BCUT2D eigenvalue weighted by atomic mass is 32.1. The van der Waals surface area contributed by atoms with E-state index in [2.05, 4.69) is 4.98 Å². The first-order chi connectivity index (χ1) is 11.1. The van der Waals surface area contributed by atoms with Crippen LogP contribution in [0.3, 0.4) is 0 Å². The number of benzene rings is 1. The molecule has 1 fully saturated rings. The zero-order valence-corrected chi connectivity index (χ0v) is 14.0. The van der Waals surface area contributed by atoms with Crippen LogP contribution in [-0.4, -0.2) is 34.9 Å². The quantitative estimate of drug-likeness (QED) is 0.935. The largest absolute Gasteiger partial charge is 0.487 e. The molecule has 1 saturated heterocycles. The molecule has 1 unspecified atom stereocenters. The van der Waals surface area contributed by atoms with E-state index in [1.165, 1.54) is 0 Å². The number of hydrogen-bond acceptors (Lipinski definition) is 5. The van der Waals surface area contributed by atoms with Crippen molar-refractivity contribution in [1.29, 1.82) is 0 Å². The normalized spacial score (nSPS) is 18.0. The van der Waals surface area contributed by atoms with Gasteiger partial charge in [-0.3, -0.25) is 4.79 Å². The Morgan fingerprint density at radius 1 is 1.52 bits per heavy atom. The number of likely N-dealkylation sites (tertiary alicyclic amines) is 1. The number of hydrogen-bond donors (Lipinski definition) is 1. The fourth-order valence-electron chi connectivity index (χ4n) is 2.73. The van der Waals surface area contributed by atoms with Gasteiger partial charge in [0.2, 0.25) is 0 Å². The van der Waals surface area contributed by atoms with Gasteiger partial charge in [-0.25, -0.2) is 4.98 Å². The minimum atomic E-state index is 0.0232. The van der Waals surface area contributed by atoms with Gasteiger partial charge in [0.1, 0.15) is 12.4 Å². The van der Waals surface area contributed by atoms with E-state index >= 15 is 0 Å². The second kappa shape index (κ2) is 7.10. The summed E-state index contributed by atoms with van der Waals surface area (Å²) in [6.45, 7) is 3.78. The number of thiazole rings is 1. The Hall–Kier alpha value is -1.92. The van der Waals surface area contributed by atoms with Crippen LogP contribution in [-0.2, 0) is 6.61 Å². The second-order valence-corrected chi connectivity index (χ2v) is 6.89. The van der Waals surface area contributed by atoms with Gasteiger partial charge in [0.25, 0.3) is 5.91 Å². The third-order valence-electron chi connectivity index (χ3n) is 3.88. The maximum absolute atomic E-state index is 12.6. The Bertz CT molecular complexity index is 686. The van der Waals surface area contributed by atoms with Crippen molar-refractivity contribution in [3.8, 4) is 5.75 Å². The van der Waals surface area contributed by atoms with Crippen LogP contribution in [0.5, 0.6) is 5.75 Å². The minimum Gasteiger partial charge on any atom is -0.487 e. The van der Waals surface area contributed by atoms with Crippen LogP contribution in [0.4, 0.5) is 0 Å². The SMILES string of the molecule is Cc1nc(COc2cccc(C(=O)N3CCCC(N)C3)c2)cs1. The molecule has 1 aliphatic heterocycles. The highest BCUT2D eigenvalue weighted by Gasteiger charge is 2.22. The van der Waals surface area contributed by atoms with Crippen LogP contribution in [0, 0.1) is 6.92 Å². The monoisotopic (exact) mass is 331 g/mol. The molecule has 0 bridgehead atoms. The molecule has 1 aliphatic rings. The highest BCUT2D eigenvalue weighted by Crippen LogP contribution is 2.19. The first kappa shape index (κ1) is 16.0. The van der Waals surface area contributed by atoms with Gasteiger partial charge in [-0.15, -0.1) is 11.3 Å². The smallest absolute Gasteiger partial charge is 0.254 e. The molecule has 0 saturated carbocycles. The third-order valence-corrected chi connectivity index (χ3v) is 4.70. The summed E-state index contributed by atoms with van der Waals surface area (Å²) in [5.74, 6) is 0.706. The first-order valence-corrected chi connectivity index (χ1v) is 8.68. The van der Waals surface area contributed by atoms with Crippen molar-refractivity contribution in [3.05, 3.63) is 45.9 Å². The topological polar surface area (TPSA) is 68.5 Å². The third kappa shape index (κ3) is 4.09. The maximum Gasteiger partial charge on any atom is 0.254 e. The van der Waals surface area contributed by atoms with Crippen LogP contribution in [0.2, 0.25) is 0 Å². The second-order valence-electron chi connectivity index (χ2n) is 5.83. The van der Waals surface area contributed by atoms with Gasteiger partial charge in [-0.1, -0.05) is 6.07 Å². The molecule has 3 rings (SSSR count). The van der Waals surface area contributed by atoms with E-state index in [1.807, 2.05) is 35.4 Å². The molecule has 1 aromatic heterocycles. The minimum absolute atomic E-state index is 0.0232. The van der Waals surface area contributed by atoms with E-state index in [4.69, 9.17) is 10.5 Å². The van der Waals surface area contributed by atoms with E-state index in [1.54, 1.807) is 17.4 Å². The number of amides is 1. The Kier molecular flexibility index (Phi) is 4.93. The molecule has 2 N–H and O–H groups in total. The summed E-state index contributed by atoms with van der Waals surface area (Å²) in [4.78, 5) is 18.8. The lowest BCUT2D eigenvalue weighted by Crippen LogP contribution is -2.45. The zero-order chi connectivity index (χ0) is 16.2. The molecule has 0 aliphatic carbocycles. The number of carbonyl (C=O) groups excluding carboxylic acids is 1. The predicted molar refractivity (Wildman–Crippen MR) is 90.7 cm³/mol. The molecule has 0 spiro atoms. The molecule has 2 heterocycles. The van der Waals surface area contributed by atoms with Gasteiger partial charge < -0.3 is 15.4 Å². The van der Waals surface area contributed by atoms with Crippen LogP contribution in [0.25, 0.3) is 0 Å². The number of piperidine rings is 1. The number of rotatable bonds is 4. The molecule has 23 heavy (non-hydrogen) atoms. The molecule has 1 amide bonds. The Balaban J connectivity index is 1.65. The lowest BCUT2D eigenvalue weighted by atomic mass is 10.1. The van der Waals surface area contributed by atoms with Crippen molar-refractivity contribution in [2.45, 2.75) is 32.4 Å². The molecule has 0 radical (unpaired) electrons. The van der Waals surface area contributed by atoms with Crippen molar-refractivity contribution in [2.24, 2.45) is 5.73 Å². The van der Waals surface area contributed by atoms with Crippen LogP contribution in [0.15, 0.2) is 29.6 Å². The first-order valence-electron chi connectivity index (χ1n) is 7.80. The number of carbonyl (C=O) groups is 1. The number of nitrogens with two attached hydrogens (primary N) is 1.